The number of nitrogens with zero attached hydrogens (tertiary/aromatic N) is 1. The molecule has 0 saturated carbocycles. The molecule has 20 heavy (non-hydrogen) atoms. The van der Waals surface area contributed by atoms with Gasteiger partial charge in [0.15, 0.2) is 0 Å². The Morgan fingerprint density at radius 1 is 1.35 bits per heavy atom. The Balaban J connectivity index is 2.34. The van der Waals surface area contributed by atoms with Gasteiger partial charge in [0.1, 0.15) is 6.17 Å². The van der Waals surface area contributed by atoms with Crippen molar-refractivity contribution in [3.05, 3.63) is 34.9 Å². The molecule has 1 aromatic rings. The number of hydrogen-bond acceptors (Lipinski definition) is 2. The highest BCUT2D eigenvalue weighted by Crippen LogP contribution is 2.29. The number of carbonyl (C=O) groups excluding carboxylic acids is 1. The van der Waals surface area contributed by atoms with Crippen LogP contribution in [0.3, 0.4) is 0 Å². The predicted molar refractivity (Wildman–Crippen MR) is 73.6 cm³/mol. The number of aryl methyl sites for hydroxylation is 2. The summed E-state index contributed by atoms with van der Waals surface area (Å²) in [6.45, 7) is 5.27. The van der Waals surface area contributed by atoms with Gasteiger partial charge in [-0.05, 0) is 31.4 Å². The molecule has 2 atom stereocenters. The predicted octanol–water partition coefficient (Wildman–Crippen LogP) is 2.78. The molecule has 1 aromatic carbocycles. The molecule has 0 spiro atoms. The van der Waals surface area contributed by atoms with Gasteiger partial charge in [0.25, 0.3) is 6.43 Å². The maximum Gasteiger partial charge on any atom is 0.255 e. The number of halogens is 2. The first-order valence-corrected chi connectivity index (χ1v) is 6.85. The number of nitrogens with one attached hydrogen (secondary N) is 1. The first-order valence-electron chi connectivity index (χ1n) is 6.85. The van der Waals surface area contributed by atoms with Gasteiger partial charge in [0.05, 0.1) is 12.6 Å². The molecule has 2 rings (SSSR count). The summed E-state index contributed by atoms with van der Waals surface area (Å²) in [5.41, 5.74) is 3.01. The van der Waals surface area contributed by atoms with Gasteiger partial charge in [-0.2, -0.15) is 0 Å². The molecule has 0 aliphatic carbocycles. The van der Waals surface area contributed by atoms with Crippen molar-refractivity contribution < 1.29 is 13.6 Å². The molecule has 1 saturated heterocycles. The standard InChI is InChI=1S/C15H20F2N2O/c1-4-12-15(20)19(8-13(16)17)14(18-12)11-6-5-9(2)7-10(11)3/h5-7,12-14,18H,4,8H2,1-3H3. The van der Waals surface area contributed by atoms with E-state index in [1.54, 1.807) is 0 Å². The lowest BCUT2D eigenvalue weighted by Gasteiger charge is -2.25. The van der Waals surface area contributed by atoms with E-state index in [0.29, 0.717) is 6.42 Å². The largest absolute Gasteiger partial charge is 0.316 e. The Bertz CT molecular complexity index is 505. The van der Waals surface area contributed by atoms with Gasteiger partial charge in [-0.1, -0.05) is 30.7 Å². The van der Waals surface area contributed by atoms with E-state index in [2.05, 4.69) is 5.32 Å². The summed E-state index contributed by atoms with van der Waals surface area (Å²) in [6.07, 6.45) is -2.38. The molecule has 0 bridgehead atoms. The summed E-state index contributed by atoms with van der Waals surface area (Å²) < 4.78 is 25.4. The third-order valence-electron chi connectivity index (χ3n) is 3.71. The summed E-state index contributed by atoms with van der Waals surface area (Å²) >= 11 is 0. The van der Waals surface area contributed by atoms with E-state index < -0.39 is 19.1 Å². The summed E-state index contributed by atoms with van der Waals surface area (Å²) in [5, 5.41) is 3.17. The summed E-state index contributed by atoms with van der Waals surface area (Å²) in [4.78, 5) is 13.4. The minimum atomic E-state index is -2.52. The van der Waals surface area contributed by atoms with Crippen LogP contribution in [0.15, 0.2) is 18.2 Å². The molecular formula is C15H20F2N2O. The van der Waals surface area contributed by atoms with Crippen LogP contribution in [0.4, 0.5) is 8.78 Å². The average Bonchev–Trinajstić information content (AvgIpc) is 2.66. The van der Waals surface area contributed by atoms with Crippen molar-refractivity contribution in [2.24, 2.45) is 0 Å². The van der Waals surface area contributed by atoms with Crippen molar-refractivity contribution in [2.75, 3.05) is 6.54 Å². The second-order valence-corrected chi connectivity index (χ2v) is 5.27. The van der Waals surface area contributed by atoms with Gasteiger partial charge in [-0.15, -0.1) is 0 Å². The van der Waals surface area contributed by atoms with Crippen LogP contribution in [0.25, 0.3) is 0 Å². The molecule has 1 amide bonds. The Kier molecular flexibility index (Phi) is 4.38. The highest BCUT2D eigenvalue weighted by Gasteiger charge is 2.40. The van der Waals surface area contributed by atoms with Crippen molar-refractivity contribution >= 4 is 5.91 Å². The molecule has 110 valence electrons. The van der Waals surface area contributed by atoms with E-state index >= 15 is 0 Å². The van der Waals surface area contributed by atoms with E-state index in [9.17, 15) is 13.6 Å². The molecule has 1 aliphatic rings. The normalized spacial score (nSPS) is 22.9. The van der Waals surface area contributed by atoms with Crippen LogP contribution in [0.2, 0.25) is 0 Å². The minimum Gasteiger partial charge on any atom is -0.316 e. The molecule has 0 aromatic heterocycles. The third kappa shape index (κ3) is 2.82. The molecular weight excluding hydrogens is 262 g/mol. The molecule has 3 nitrogen and oxygen atoms in total. The highest BCUT2D eigenvalue weighted by molar-refractivity contribution is 5.84. The number of rotatable bonds is 4. The zero-order valence-electron chi connectivity index (χ0n) is 12.0. The fraction of sp³-hybridized carbons (Fsp3) is 0.533. The van der Waals surface area contributed by atoms with Crippen molar-refractivity contribution in [3.8, 4) is 0 Å². The number of alkyl halides is 2. The van der Waals surface area contributed by atoms with Crippen molar-refractivity contribution in [2.45, 2.75) is 45.8 Å². The monoisotopic (exact) mass is 282 g/mol. The Labute approximate surface area is 118 Å². The number of carbonyl (C=O) groups is 1. The second-order valence-electron chi connectivity index (χ2n) is 5.27. The van der Waals surface area contributed by atoms with Crippen molar-refractivity contribution in [1.82, 2.24) is 10.2 Å². The van der Waals surface area contributed by atoms with Gasteiger partial charge in [-0.3, -0.25) is 10.1 Å². The van der Waals surface area contributed by atoms with Gasteiger partial charge in [0, 0.05) is 0 Å². The van der Waals surface area contributed by atoms with Crippen LogP contribution in [-0.2, 0) is 4.79 Å². The summed E-state index contributed by atoms with van der Waals surface area (Å²) in [6, 6.07) is 5.47. The lowest BCUT2D eigenvalue weighted by molar-refractivity contribution is -0.132. The smallest absolute Gasteiger partial charge is 0.255 e. The summed E-state index contributed by atoms with van der Waals surface area (Å²) in [5.74, 6) is -0.238. The minimum absolute atomic E-state index is 0.238. The molecule has 1 aliphatic heterocycles. The summed E-state index contributed by atoms with van der Waals surface area (Å²) in [7, 11) is 0. The fourth-order valence-corrected chi connectivity index (χ4v) is 2.71. The van der Waals surface area contributed by atoms with Crippen molar-refractivity contribution in [1.29, 1.82) is 0 Å². The van der Waals surface area contributed by atoms with E-state index in [-0.39, 0.29) is 11.9 Å². The first kappa shape index (κ1) is 14.9. The van der Waals surface area contributed by atoms with E-state index in [0.717, 1.165) is 16.7 Å². The second kappa shape index (κ2) is 5.87. The number of benzene rings is 1. The van der Waals surface area contributed by atoms with Gasteiger partial charge in [0.2, 0.25) is 5.91 Å². The molecule has 0 radical (unpaired) electrons. The van der Waals surface area contributed by atoms with Crippen molar-refractivity contribution in [3.63, 3.8) is 0 Å². The van der Waals surface area contributed by atoms with Gasteiger partial charge < -0.3 is 4.90 Å². The lowest BCUT2D eigenvalue weighted by Crippen LogP contribution is -2.35. The highest BCUT2D eigenvalue weighted by atomic mass is 19.3. The maximum atomic E-state index is 12.7. The SMILES string of the molecule is CCC1NC(c2ccc(C)cc2C)N(CC(F)F)C1=O. The zero-order valence-corrected chi connectivity index (χ0v) is 12.0. The first-order chi connectivity index (χ1) is 9.43. The quantitative estimate of drug-likeness (QED) is 0.921. The zero-order chi connectivity index (χ0) is 14.9. The molecule has 1 heterocycles. The Morgan fingerprint density at radius 3 is 2.60 bits per heavy atom. The molecule has 1 N–H and O–H groups in total. The average molecular weight is 282 g/mol. The van der Waals surface area contributed by atoms with Gasteiger partial charge in [-0.25, -0.2) is 8.78 Å². The Hall–Kier alpha value is -1.49. The van der Waals surface area contributed by atoms with Crippen LogP contribution >= 0.6 is 0 Å². The fourth-order valence-electron chi connectivity index (χ4n) is 2.71. The molecule has 1 fully saturated rings. The van der Waals surface area contributed by atoms with E-state index in [1.807, 2.05) is 39.0 Å². The van der Waals surface area contributed by atoms with Crippen LogP contribution in [-0.4, -0.2) is 29.8 Å². The molecule has 2 unspecified atom stereocenters. The van der Waals surface area contributed by atoms with Crippen LogP contribution in [0.5, 0.6) is 0 Å². The van der Waals surface area contributed by atoms with E-state index in [4.69, 9.17) is 0 Å². The van der Waals surface area contributed by atoms with Crippen LogP contribution in [0.1, 0.15) is 36.2 Å². The number of hydrogen-bond donors (Lipinski definition) is 1. The Morgan fingerprint density at radius 2 is 2.05 bits per heavy atom. The topological polar surface area (TPSA) is 32.3 Å². The lowest BCUT2D eigenvalue weighted by atomic mass is 10.0. The van der Waals surface area contributed by atoms with Crippen LogP contribution < -0.4 is 5.32 Å². The van der Waals surface area contributed by atoms with Crippen LogP contribution in [0, 0.1) is 13.8 Å². The van der Waals surface area contributed by atoms with Gasteiger partial charge >= 0.3 is 0 Å². The number of amides is 1. The third-order valence-corrected chi connectivity index (χ3v) is 3.71. The maximum absolute atomic E-state index is 12.7. The molecule has 5 heteroatoms. The van der Waals surface area contributed by atoms with E-state index in [1.165, 1.54) is 4.90 Å².